The molecule has 1 saturated heterocycles. The summed E-state index contributed by atoms with van der Waals surface area (Å²) in [6.45, 7) is 6.88. The molecule has 4 heteroatoms. The number of carbonyl (C=O) groups is 1. The fourth-order valence-electron chi connectivity index (χ4n) is 2.52. The molecule has 0 atom stereocenters. The van der Waals surface area contributed by atoms with Gasteiger partial charge in [0.15, 0.2) is 0 Å². The predicted molar refractivity (Wildman–Crippen MR) is 88.9 cm³/mol. The number of nitrogens with zero attached hydrogens (tertiary/aromatic N) is 2. The number of amides is 1. The number of carbonyl (C=O) groups excluding carboxylic acids is 1. The molecule has 1 aliphatic heterocycles. The Morgan fingerprint density at radius 2 is 1.81 bits per heavy atom. The Kier molecular flexibility index (Phi) is 5.62. The molecule has 2 rings (SSSR count). The first-order chi connectivity index (χ1) is 10.1. The van der Waals surface area contributed by atoms with Gasteiger partial charge in [-0.15, -0.1) is 0 Å². The average molecular weight is 289 g/mol. The fourth-order valence-corrected chi connectivity index (χ4v) is 2.52. The molecule has 1 aliphatic rings. The van der Waals surface area contributed by atoms with Crippen molar-refractivity contribution in [1.29, 1.82) is 0 Å². The second-order valence-corrected chi connectivity index (χ2v) is 6.15. The third-order valence-corrected chi connectivity index (χ3v) is 4.15. The molecule has 0 unspecified atom stereocenters. The van der Waals surface area contributed by atoms with E-state index >= 15 is 0 Å². The van der Waals surface area contributed by atoms with Crippen molar-refractivity contribution in [2.75, 3.05) is 36.9 Å². The second-order valence-electron chi connectivity index (χ2n) is 6.15. The van der Waals surface area contributed by atoms with E-state index in [0.29, 0.717) is 12.6 Å². The van der Waals surface area contributed by atoms with Crippen LogP contribution in [-0.2, 0) is 4.79 Å². The summed E-state index contributed by atoms with van der Waals surface area (Å²) in [5.41, 5.74) is 2.13. The minimum atomic E-state index is 0.0388. The number of hydrogen-bond acceptors (Lipinski definition) is 3. The van der Waals surface area contributed by atoms with Crippen molar-refractivity contribution in [3.8, 4) is 0 Å². The molecular weight excluding hydrogens is 262 g/mol. The highest BCUT2D eigenvalue weighted by Crippen LogP contribution is 2.21. The van der Waals surface area contributed by atoms with Crippen molar-refractivity contribution in [1.82, 2.24) is 4.90 Å². The van der Waals surface area contributed by atoms with Gasteiger partial charge in [0, 0.05) is 30.5 Å². The molecule has 21 heavy (non-hydrogen) atoms. The van der Waals surface area contributed by atoms with Gasteiger partial charge in [0.2, 0.25) is 5.91 Å². The number of likely N-dealkylation sites (N-methyl/N-ethyl adjacent to an activating group) is 1. The molecule has 1 N–H and O–H groups in total. The van der Waals surface area contributed by atoms with E-state index in [1.807, 2.05) is 24.1 Å². The molecule has 1 aromatic rings. The maximum Gasteiger partial charge on any atom is 0.238 e. The van der Waals surface area contributed by atoms with E-state index in [1.54, 1.807) is 0 Å². The number of benzene rings is 1. The Bertz CT molecular complexity index is 450. The van der Waals surface area contributed by atoms with E-state index in [2.05, 4.69) is 36.2 Å². The second kappa shape index (κ2) is 7.46. The number of anilines is 2. The molecule has 0 aromatic heterocycles. The monoisotopic (exact) mass is 289 g/mol. The van der Waals surface area contributed by atoms with Crippen LogP contribution in [0.1, 0.15) is 33.1 Å². The van der Waals surface area contributed by atoms with Crippen molar-refractivity contribution in [2.24, 2.45) is 0 Å². The van der Waals surface area contributed by atoms with Gasteiger partial charge in [-0.1, -0.05) is 0 Å². The Morgan fingerprint density at radius 1 is 1.19 bits per heavy atom. The Balaban J connectivity index is 1.88. The van der Waals surface area contributed by atoms with Crippen LogP contribution in [0.4, 0.5) is 11.4 Å². The zero-order valence-electron chi connectivity index (χ0n) is 13.4. The maximum atomic E-state index is 12.0. The molecule has 1 aromatic carbocycles. The van der Waals surface area contributed by atoms with E-state index in [1.165, 1.54) is 24.9 Å². The van der Waals surface area contributed by atoms with Crippen molar-refractivity contribution in [3.05, 3.63) is 24.3 Å². The third-order valence-electron chi connectivity index (χ3n) is 4.15. The number of hydrogen-bond donors (Lipinski definition) is 1. The first-order valence-corrected chi connectivity index (χ1v) is 7.91. The average Bonchev–Trinajstić information content (AvgIpc) is 2.48. The highest BCUT2D eigenvalue weighted by molar-refractivity contribution is 5.92. The topological polar surface area (TPSA) is 35.6 Å². The summed E-state index contributed by atoms with van der Waals surface area (Å²) in [5, 5.41) is 2.96. The summed E-state index contributed by atoms with van der Waals surface area (Å²) in [6.07, 6.45) is 3.90. The minimum absolute atomic E-state index is 0.0388. The number of rotatable bonds is 5. The molecule has 0 bridgehead atoms. The highest BCUT2D eigenvalue weighted by atomic mass is 16.2. The Morgan fingerprint density at radius 3 is 2.38 bits per heavy atom. The summed E-state index contributed by atoms with van der Waals surface area (Å²) in [5.74, 6) is 0.0388. The third kappa shape index (κ3) is 4.74. The first-order valence-electron chi connectivity index (χ1n) is 7.91. The highest BCUT2D eigenvalue weighted by Gasteiger charge is 2.12. The fraction of sp³-hybridized carbons (Fsp3) is 0.588. The molecule has 116 valence electrons. The molecule has 4 nitrogen and oxygen atoms in total. The van der Waals surface area contributed by atoms with Gasteiger partial charge >= 0.3 is 0 Å². The van der Waals surface area contributed by atoms with Crippen LogP contribution in [0.2, 0.25) is 0 Å². The summed E-state index contributed by atoms with van der Waals surface area (Å²) < 4.78 is 0. The molecular formula is C17H27N3O. The van der Waals surface area contributed by atoms with Gasteiger partial charge in [-0.25, -0.2) is 0 Å². The van der Waals surface area contributed by atoms with Crippen LogP contribution in [0.15, 0.2) is 24.3 Å². The zero-order valence-corrected chi connectivity index (χ0v) is 13.4. The first kappa shape index (κ1) is 15.8. The minimum Gasteiger partial charge on any atom is -0.372 e. The molecule has 0 radical (unpaired) electrons. The molecule has 1 heterocycles. The molecule has 0 spiro atoms. The Labute approximate surface area is 128 Å². The van der Waals surface area contributed by atoms with Crippen LogP contribution in [0.5, 0.6) is 0 Å². The van der Waals surface area contributed by atoms with Crippen molar-refractivity contribution < 1.29 is 4.79 Å². The molecule has 0 saturated carbocycles. The van der Waals surface area contributed by atoms with Gasteiger partial charge in [-0.3, -0.25) is 9.69 Å². The quantitative estimate of drug-likeness (QED) is 0.905. The van der Waals surface area contributed by atoms with Crippen molar-refractivity contribution in [3.63, 3.8) is 0 Å². The molecule has 1 fully saturated rings. The maximum absolute atomic E-state index is 12.0. The van der Waals surface area contributed by atoms with Crippen LogP contribution < -0.4 is 10.2 Å². The van der Waals surface area contributed by atoms with Crippen LogP contribution in [0, 0.1) is 0 Å². The Hall–Kier alpha value is -1.55. The van der Waals surface area contributed by atoms with E-state index in [0.717, 1.165) is 18.8 Å². The van der Waals surface area contributed by atoms with Crippen molar-refractivity contribution >= 4 is 17.3 Å². The predicted octanol–water partition coefficient (Wildman–Crippen LogP) is 2.96. The van der Waals surface area contributed by atoms with Crippen molar-refractivity contribution in [2.45, 2.75) is 39.2 Å². The van der Waals surface area contributed by atoms with Crippen LogP contribution in [-0.4, -0.2) is 43.5 Å². The number of piperidine rings is 1. The summed E-state index contributed by atoms with van der Waals surface area (Å²) >= 11 is 0. The van der Waals surface area contributed by atoms with Crippen LogP contribution in [0.3, 0.4) is 0 Å². The largest absolute Gasteiger partial charge is 0.372 e. The zero-order chi connectivity index (χ0) is 15.2. The van der Waals surface area contributed by atoms with Crippen LogP contribution in [0.25, 0.3) is 0 Å². The lowest BCUT2D eigenvalue weighted by molar-refractivity contribution is -0.117. The summed E-state index contributed by atoms with van der Waals surface area (Å²) in [7, 11) is 1.96. The lowest BCUT2D eigenvalue weighted by atomic mass is 10.1. The van der Waals surface area contributed by atoms with E-state index in [4.69, 9.17) is 0 Å². The van der Waals surface area contributed by atoms with E-state index in [9.17, 15) is 4.79 Å². The lowest BCUT2D eigenvalue weighted by Gasteiger charge is -2.28. The lowest BCUT2D eigenvalue weighted by Crippen LogP contribution is -2.34. The number of nitrogens with one attached hydrogen (secondary N) is 1. The summed E-state index contributed by atoms with van der Waals surface area (Å²) in [6, 6.07) is 8.58. The van der Waals surface area contributed by atoms with Gasteiger partial charge in [0.25, 0.3) is 0 Å². The summed E-state index contributed by atoms with van der Waals surface area (Å²) in [4.78, 5) is 16.4. The van der Waals surface area contributed by atoms with E-state index < -0.39 is 0 Å². The standard InChI is InChI=1S/C17H27N3O/c1-14(2)19(3)13-17(21)18-15-7-9-16(10-8-15)20-11-5-4-6-12-20/h7-10,14H,4-6,11-13H2,1-3H3,(H,18,21). The molecule has 0 aliphatic carbocycles. The SMILES string of the molecule is CC(C)N(C)CC(=O)Nc1ccc(N2CCCCC2)cc1. The van der Waals surface area contributed by atoms with E-state index in [-0.39, 0.29) is 5.91 Å². The van der Waals surface area contributed by atoms with Gasteiger partial charge in [-0.05, 0) is 64.4 Å². The molecule has 1 amide bonds. The smallest absolute Gasteiger partial charge is 0.238 e. The van der Waals surface area contributed by atoms with Gasteiger partial charge in [0.1, 0.15) is 0 Å². The van der Waals surface area contributed by atoms with Gasteiger partial charge < -0.3 is 10.2 Å². The van der Waals surface area contributed by atoms with Gasteiger partial charge in [-0.2, -0.15) is 0 Å². The normalized spacial score (nSPS) is 15.6. The van der Waals surface area contributed by atoms with Gasteiger partial charge in [0.05, 0.1) is 6.54 Å². The van der Waals surface area contributed by atoms with Crippen LogP contribution >= 0.6 is 0 Å².